The molecular weight excluding hydrogens is 330 g/mol. The van der Waals surface area contributed by atoms with Crippen LogP contribution in [0, 0.1) is 6.92 Å². The third-order valence-corrected chi connectivity index (χ3v) is 3.54. The number of halogens is 1. The van der Waals surface area contributed by atoms with Gasteiger partial charge in [0.05, 0.1) is 12.2 Å². The molecule has 110 valence electrons. The van der Waals surface area contributed by atoms with E-state index in [1.54, 1.807) is 6.20 Å². The van der Waals surface area contributed by atoms with Gasteiger partial charge in [0.25, 0.3) is 5.91 Å². The number of hydrogen-bond donors (Lipinski definition) is 2. The van der Waals surface area contributed by atoms with Crippen molar-refractivity contribution in [3.8, 4) is 0 Å². The highest BCUT2D eigenvalue weighted by Crippen LogP contribution is 2.17. The summed E-state index contributed by atoms with van der Waals surface area (Å²) in [6.07, 6.45) is 1.78. The Bertz CT molecular complexity index is 626. The van der Waals surface area contributed by atoms with Gasteiger partial charge in [0.2, 0.25) is 0 Å². The number of carbonyl (C=O) groups is 1. The lowest BCUT2D eigenvalue weighted by atomic mass is 10.1. The number of hydrogen-bond acceptors (Lipinski definition) is 3. The number of nitrogens with zero attached hydrogens (tertiary/aromatic N) is 1. The standard InChI is InChI=1S/C16H18BrN3O/c1-3-18-16(21)12-4-7-15(11(2)8-12)20-10-14-6-5-13(17)9-19-14/h4-9,20H,3,10H2,1-2H3,(H,18,21). The molecule has 0 radical (unpaired) electrons. The van der Waals surface area contributed by atoms with Crippen LogP contribution in [0.1, 0.15) is 28.5 Å². The molecule has 0 spiro atoms. The average molecular weight is 348 g/mol. The zero-order valence-electron chi connectivity index (χ0n) is 12.1. The molecular formula is C16H18BrN3O. The Morgan fingerprint density at radius 1 is 1.29 bits per heavy atom. The lowest BCUT2D eigenvalue weighted by Crippen LogP contribution is -2.22. The summed E-state index contributed by atoms with van der Waals surface area (Å²) >= 11 is 3.37. The van der Waals surface area contributed by atoms with Crippen molar-refractivity contribution >= 4 is 27.5 Å². The molecule has 0 saturated heterocycles. The Hall–Kier alpha value is -1.88. The van der Waals surface area contributed by atoms with Crippen molar-refractivity contribution in [3.63, 3.8) is 0 Å². The molecule has 1 aromatic heterocycles. The van der Waals surface area contributed by atoms with Gasteiger partial charge in [0, 0.05) is 28.5 Å². The van der Waals surface area contributed by atoms with E-state index in [4.69, 9.17) is 0 Å². The van der Waals surface area contributed by atoms with E-state index in [1.165, 1.54) is 0 Å². The molecule has 21 heavy (non-hydrogen) atoms. The summed E-state index contributed by atoms with van der Waals surface area (Å²) in [5.74, 6) is -0.0401. The molecule has 2 aromatic rings. The first-order valence-electron chi connectivity index (χ1n) is 6.83. The van der Waals surface area contributed by atoms with Crippen molar-refractivity contribution in [1.29, 1.82) is 0 Å². The highest BCUT2D eigenvalue weighted by molar-refractivity contribution is 9.10. The maximum absolute atomic E-state index is 11.8. The summed E-state index contributed by atoms with van der Waals surface area (Å²) in [5.41, 5.74) is 3.69. The molecule has 0 aliphatic heterocycles. The number of aryl methyl sites for hydroxylation is 1. The second kappa shape index (κ2) is 7.22. The molecule has 0 unspecified atom stereocenters. The largest absolute Gasteiger partial charge is 0.379 e. The first-order chi connectivity index (χ1) is 10.1. The fourth-order valence-corrected chi connectivity index (χ4v) is 2.20. The van der Waals surface area contributed by atoms with Crippen LogP contribution < -0.4 is 10.6 Å². The fraction of sp³-hybridized carbons (Fsp3) is 0.250. The molecule has 5 heteroatoms. The van der Waals surface area contributed by atoms with Gasteiger partial charge < -0.3 is 10.6 Å². The van der Waals surface area contributed by atoms with E-state index in [-0.39, 0.29) is 5.91 Å². The minimum absolute atomic E-state index is 0.0401. The lowest BCUT2D eigenvalue weighted by molar-refractivity contribution is 0.0956. The van der Waals surface area contributed by atoms with E-state index in [2.05, 4.69) is 31.5 Å². The van der Waals surface area contributed by atoms with Crippen molar-refractivity contribution in [2.45, 2.75) is 20.4 Å². The van der Waals surface area contributed by atoms with Crippen LogP contribution >= 0.6 is 15.9 Å². The summed E-state index contributed by atoms with van der Waals surface area (Å²) < 4.78 is 0.966. The molecule has 2 N–H and O–H groups in total. The van der Waals surface area contributed by atoms with Crippen LogP contribution in [0.4, 0.5) is 5.69 Å². The quantitative estimate of drug-likeness (QED) is 0.869. The average Bonchev–Trinajstić information content (AvgIpc) is 2.48. The summed E-state index contributed by atoms with van der Waals surface area (Å²) in [7, 11) is 0. The smallest absolute Gasteiger partial charge is 0.251 e. The Kier molecular flexibility index (Phi) is 5.33. The fourth-order valence-electron chi connectivity index (χ4n) is 1.96. The van der Waals surface area contributed by atoms with E-state index < -0.39 is 0 Å². The first-order valence-corrected chi connectivity index (χ1v) is 7.62. The number of nitrogens with one attached hydrogen (secondary N) is 2. The summed E-state index contributed by atoms with van der Waals surface area (Å²) in [6, 6.07) is 9.58. The minimum atomic E-state index is -0.0401. The highest BCUT2D eigenvalue weighted by Gasteiger charge is 2.06. The number of pyridine rings is 1. The predicted octanol–water partition coefficient (Wildman–Crippen LogP) is 3.51. The molecule has 0 saturated carbocycles. The Morgan fingerprint density at radius 2 is 2.10 bits per heavy atom. The molecule has 0 atom stereocenters. The van der Waals surface area contributed by atoms with Gasteiger partial charge in [-0.1, -0.05) is 0 Å². The second-order valence-corrected chi connectivity index (χ2v) is 5.63. The van der Waals surface area contributed by atoms with Crippen molar-refractivity contribution in [1.82, 2.24) is 10.3 Å². The van der Waals surface area contributed by atoms with Gasteiger partial charge in [-0.25, -0.2) is 0 Å². The van der Waals surface area contributed by atoms with E-state index >= 15 is 0 Å². The summed E-state index contributed by atoms with van der Waals surface area (Å²) in [6.45, 7) is 5.17. The molecule has 4 nitrogen and oxygen atoms in total. The lowest BCUT2D eigenvalue weighted by Gasteiger charge is -2.11. The SMILES string of the molecule is CCNC(=O)c1ccc(NCc2ccc(Br)cn2)c(C)c1. The van der Waals surface area contributed by atoms with E-state index in [1.807, 2.05) is 44.2 Å². The maximum Gasteiger partial charge on any atom is 0.251 e. The molecule has 0 aliphatic carbocycles. The van der Waals surface area contributed by atoms with Crippen LogP contribution in [0.25, 0.3) is 0 Å². The maximum atomic E-state index is 11.8. The summed E-state index contributed by atoms with van der Waals surface area (Å²) in [4.78, 5) is 16.1. The molecule has 1 amide bonds. The van der Waals surface area contributed by atoms with Gasteiger partial charge in [0.1, 0.15) is 0 Å². The van der Waals surface area contributed by atoms with Crippen LogP contribution in [0.2, 0.25) is 0 Å². The van der Waals surface area contributed by atoms with Gasteiger partial charge >= 0.3 is 0 Å². The molecule has 0 aliphatic rings. The summed E-state index contributed by atoms with van der Waals surface area (Å²) in [5, 5.41) is 6.14. The number of rotatable bonds is 5. The van der Waals surface area contributed by atoms with Gasteiger partial charge in [-0.2, -0.15) is 0 Å². The molecule has 0 fully saturated rings. The predicted molar refractivity (Wildman–Crippen MR) is 88.4 cm³/mol. The minimum Gasteiger partial charge on any atom is -0.379 e. The topological polar surface area (TPSA) is 54.0 Å². The molecule has 1 aromatic carbocycles. The van der Waals surface area contributed by atoms with E-state index in [0.29, 0.717) is 18.7 Å². The van der Waals surface area contributed by atoms with Gasteiger partial charge in [-0.3, -0.25) is 9.78 Å². The first kappa shape index (κ1) is 15.5. The van der Waals surface area contributed by atoms with Gasteiger partial charge in [0.15, 0.2) is 0 Å². The van der Waals surface area contributed by atoms with Crippen LogP contribution in [-0.2, 0) is 6.54 Å². The molecule has 2 rings (SSSR count). The van der Waals surface area contributed by atoms with Crippen molar-refractivity contribution in [2.24, 2.45) is 0 Å². The van der Waals surface area contributed by atoms with Crippen molar-refractivity contribution < 1.29 is 4.79 Å². The monoisotopic (exact) mass is 347 g/mol. The number of benzene rings is 1. The normalized spacial score (nSPS) is 10.2. The van der Waals surface area contributed by atoms with E-state index in [9.17, 15) is 4.79 Å². The van der Waals surface area contributed by atoms with Crippen molar-refractivity contribution in [2.75, 3.05) is 11.9 Å². The van der Waals surface area contributed by atoms with Gasteiger partial charge in [-0.05, 0) is 65.7 Å². The number of amides is 1. The van der Waals surface area contributed by atoms with Crippen LogP contribution in [-0.4, -0.2) is 17.4 Å². The Labute approximate surface area is 133 Å². The second-order valence-electron chi connectivity index (χ2n) is 4.71. The highest BCUT2D eigenvalue weighted by atomic mass is 79.9. The van der Waals surface area contributed by atoms with E-state index in [0.717, 1.165) is 21.4 Å². The number of anilines is 1. The Morgan fingerprint density at radius 3 is 2.71 bits per heavy atom. The third kappa shape index (κ3) is 4.29. The van der Waals surface area contributed by atoms with Crippen molar-refractivity contribution in [3.05, 3.63) is 57.8 Å². The van der Waals surface area contributed by atoms with Crippen LogP contribution in [0.3, 0.4) is 0 Å². The Balaban J connectivity index is 2.04. The van der Waals surface area contributed by atoms with Gasteiger partial charge in [-0.15, -0.1) is 0 Å². The van der Waals surface area contributed by atoms with Crippen LogP contribution in [0.5, 0.6) is 0 Å². The number of carbonyl (C=O) groups excluding carboxylic acids is 1. The van der Waals surface area contributed by atoms with Crippen LogP contribution in [0.15, 0.2) is 41.0 Å². The molecule has 1 heterocycles. The zero-order valence-corrected chi connectivity index (χ0v) is 13.7. The molecule has 0 bridgehead atoms. The zero-order chi connectivity index (χ0) is 15.2. The third-order valence-electron chi connectivity index (χ3n) is 3.07. The number of aromatic nitrogens is 1.